The van der Waals surface area contributed by atoms with Gasteiger partial charge in [0.2, 0.25) is 0 Å². The number of ether oxygens (including phenoxy) is 1. The van der Waals surface area contributed by atoms with E-state index < -0.39 is 0 Å². The average Bonchev–Trinajstić information content (AvgIpc) is 2.92. The summed E-state index contributed by atoms with van der Waals surface area (Å²) in [6.45, 7) is 5.09. The number of nitrogens with one attached hydrogen (secondary N) is 1. The first-order valence-electron chi connectivity index (χ1n) is 6.80. The summed E-state index contributed by atoms with van der Waals surface area (Å²) in [6.07, 6.45) is 5.34. The van der Waals surface area contributed by atoms with E-state index in [0.29, 0.717) is 0 Å². The summed E-state index contributed by atoms with van der Waals surface area (Å²) < 4.78 is 7.42. The number of hydrogen-bond donors (Lipinski definition) is 1. The van der Waals surface area contributed by atoms with Crippen LogP contribution < -0.4 is 10.1 Å². The molecule has 0 atom stereocenters. The molecule has 1 heterocycles. The highest BCUT2D eigenvalue weighted by Gasteiger charge is 1.98. The molecule has 0 bridgehead atoms. The van der Waals surface area contributed by atoms with Gasteiger partial charge in [-0.3, -0.25) is 0 Å². The van der Waals surface area contributed by atoms with Gasteiger partial charge in [0.15, 0.2) is 0 Å². The van der Waals surface area contributed by atoms with Crippen LogP contribution in [0.25, 0.3) is 0 Å². The quantitative estimate of drug-likeness (QED) is 0.773. The van der Waals surface area contributed by atoms with E-state index in [2.05, 4.69) is 47.4 Å². The predicted octanol–water partition coefficient (Wildman–Crippen LogP) is 2.85. The highest BCUT2D eigenvalue weighted by atomic mass is 16.5. The molecule has 1 aromatic carbocycles. The molecule has 2 aromatic rings. The summed E-state index contributed by atoms with van der Waals surface area (Å²) in [4.78, 5) is 0. The van der Waals surface area contributed by atoms with Gasteiger partial charge in [0.05, 0.1) is 7.11 Å². The molecule has 0 radical (unpaired) electrons. The average molecular weight is 258 g/mol. The van der Waals surface area contributed by atoms with Gasteiger partial charge in [-0.05, 0) is 49.2 Å². The van der Waals surface area contributed by atoms with E-state index >= 15 is 0 Å². The molecule has 2 rings (SSSR count). The van der Waals surface area contributed by atoms with Crippen LogP contribution in [-0.2, 0) is 19.5 Å². The Morgan fingerprint density at radius 2 is 2.11 bits per heavy atom. The second-order valence-electron chi connectivity index (χ2n) is 4.63. The zero-order valence-electron chi connectivity index (χ0n) is 11.7. The van der Waals surface area contributed by atoms with Gasteiger partial charge in [-0.25, -0.2) is 0 Å². The van der Waals surface area contributed by atoms with Crippen LogP contribution in [-0.4, -0.2) is 18.2 Å². The molecule has 19 heavy (non-hydrogen) atoms. The normalized spacial score (nSPS) is 10.6. The minimum Gasteiger partial charge on any atom is -0.497 e. The fourth-order valence-electron chi connectivity index (χ4n) is 2.09. The van der Waals surface area contributed by atoms with Crippen molar-refractivity contribution in [3.05, 3.63) is 53.9 Å². The maximum absolute atomic E-state index is 5.22. The predicted molar refractivity (Wildman–Crippen MR) is 78.5 cm³/mol. The van der Waals surface area contributed by atoms with Crippen molar-refractivity contribution >= 4 is 0 Å². The number of hydrogen-bond acceptors (Lipinski definition) is 2. The molecule has 0 unspecified atom stereocenters. The van der Waals surface area contributed by atoms with Gasteiger partial charge in [0, 0.05) is 25.5 Å². The third kappa shape index (κ3) is 4.14. The molecule has 3 nitrogen and oxygen atoms in total. The molecule has 102 valence electrons. The van der Waals surface area contributed by atoms with Crippen molar-refractivity contribution in [3.8, 4) is 5.75 Å². The number of benzene rings is 1. The Labute approximate surface area is 115 Å². The first kappa shape index (κ1) is 13.7. The summed E-state index contributed by atoms with van der Waals surface area (Å²) in [7, 11) is 1.70. The Kier molecular flexibility index (Phi) is 5.04. The van der Waals surface area contributed by atoms with Gasteiger partial charge >= 0.3 is 0 Å². The van der Waals surface area contributed by atoms with Gasteiger partial charge in [-0.1, -0.05) is 12.1 Å². The molecular weight excluding hydrogens is 236 g/mol. The Morgan fingerprint density at radius 1 is 1.21 bits per heavy atom. The van der Waals surface area contributed by atoms with Crippen LogP contribution in [0.3, 0.4) is 0 Å². The summed E-state index contributed by atoms with van der Waals surface area (Å²) >= 11 is 0. The molecule has 0 aliphatic heterocycles. The summed E-state index contributed by atoms with van der Waals surface area (Å²) in [5, 5.41) is 3.47. The summed E-state index contributed by atoms with van der Waals surface area (Å²) in [5.41, 5.74) is 2.64. The van der Waals surface area contributed by atoms with Crippen LogP contribution in [0.2, 0.25) is 0 Å². The topological polar surface area (TPSA) is 26.2 Å². The number of aromatic nitrogens is 1. The number of rotatable bonds is 7. The van der Waals surface area contributed by atoms with Crippen LogP contribution in [0.5, 0.6) is 5.75 Å². The van der Waals surface area contributed by atoms with Gasteiger partial charge < -0.3 is 14.6 Å². The monoisotopic (exact) mass is 258 g/mol. The molecule has 0 fully saturated rings. The fraction of sp³-hybridized carbons (Fsp3) is 0.375. The van der Waals surface area contributed by atoms with Gasteiger partial charge in [0.1, 0.15) is 5.75 Å². The van der Waals surface area contributed by atoms with Crippen LogP contribution in [0.15, 0.2) is 42.7 Å². The van der Waals surface area contributed by atoms with Crippen molar-refractivity contribution in [1.29, 1.82) is 0 Å². The van der Waals surface area contributed by atoms with Crippen molar-refractivity contribution in [2.45, 2.75) is 26.4 Å². The lowest BCUT2D eigenvalue weighted by Gasteiger charge is -2.05. The van der Waals surface area contributed by atoms with E-state index in [9.17, 15) is 0 Å². The Morgan fingerprint density at radius 3 is 2.84 bits per heavy atom. The maximum atomic E-state index is 5.22. The molecular formula is C16H22N2O. The van der Waals surface area contributed by atoms with Crippen LogP contribution >= 0.6 is 0 Å². The second-order valence-corrected chi connectivity index (χ2v) is 4.63. The number of methoxy groups -OCH3 is 1. The smallest absolute Gasteiger partial charge is 0.119 e. The highest BCUT2D eigenvalue weighted by Crippen LogP contribution is 2.12. The molecule has 0 aliphatic rings. The molecule has 0 amide bonds. The van der Waals surface area contributed by atoms with Gasteiger partial charge in [-0.2, -0.15) is 0 Å². The first-order chi connectivity index (χ1) is 9.31. The first-order valence-corrected chi connectivity index (χ1v) is 6.80. The third-order valence-electron chi connectivity index (χ3n) is 3.23. The Bertz CT molecular complexity index is 505. The molecule has 0 aliphatic carbocycles. The molecule has 3 heteroatoms. The lowest BCUT2D eigenvalue weighted by atomic mass is 10.1. The molecule has 0 spiro atoms. The fourth-order valence-corrected chi connectivity index (χ4v) is 2.09. The van der Waals surface area contributed by atoms with Crippen LogP contribution in [0.1, 0.15) is 18.1 Å². The van der Waals surface area contributed by atoms with Crippen molar-refractivity contribution in [2.75, 3.05) is 13.7 Å². The third-order valence-corrected chi connectivity index (χ3v) is 3.23. The minimum absolute atomic E-state index is 0.928. The summed E-state index contributed by atoms with van der Waals surface area (Å²) in [5.74, 6) is 0.928. The second kappa shape index (κ2) is 7.00. The molecule has 1 aromatic heterocycles. The van der Waals surface area contributed by atoms with Crippen molar-refractivity contribution in [1.82, 2.24) is 9.88 Å². The van der Waals surface area contributed by atoms with E-state index in [-0.39, 0.29) is 0 Å². The summed E-state index contributed by atoms with van der Waals surface area (Å²) in [6, 6.07) is 10.4. The van der Waals surface area contributed by atoms with E-state index in [1.165, 1.54) is 11.1 Å². The highest BCUT2D eigenvalue weighted by molar-refractivity contribution is 5.28. The zero-order chi connectivity index (χ0) is 13.5. The van der Waals surface area contributed by atoms with E-state index in [0.717, 1.165) is 31.8 Å². The zero-order valence-corrected chi connectivity index (χ0v) is 11.7. The number of nitrogens with zero attached hydrogens (tertiary/aromatic N) is 1. The van der Waals surface area contributed by atoms with E-state index in [4.69, 9.17) is 4.74 Å². The van der Waals surface area contributed by atoms with Gasteiger partial charge in [0.25, 0.3) is 0 Å². The van der Waals surface area contributed by atoms with E-state index in [1.54, 1.807) is 7.11 Å². The van der Waals surface area contributed by atoms with E-state index in [1.807, 2.05) is 12.1 Å². The minimum atomic E-state index is 0.928. The Hall–Kier alpha value is -1.74. The lowest BCUT2D eigenvalue weighted by Crippen LogP contribution is -2.16. The molecule has 0 saturated heterocycles. The lowest BCUT2D eigenvalue weighted by molar-refractivity contribution is 0.414. The van der Waals surface area contributed by atoms with Crippen molar-refractivity contribution < 1.29 is 4.74 Å². The van der Waals surface area contributed by atoms with Crippen molar-refractivity contribution in [2.24, 2.45) is 0 Å². The molecule has 0 saturated carbocycles. The van der Waals surface area contributed by atoms with Crippen LogP contribution in [0, 0.1) is 0 Å². The Balaban J connectivity index is 1.74. The van der Waals surface area contributed by atoms with Gasteiger partial charge in [-0.15, -0.1) is 0 Å². The largest absolute Gasteiger partial charge is 0.497 e. The standard InChI is InChI=1S/C16H22N2O/c1-3-18-10-8-15(13-18)12-17-9-7-14-5-4-6-16(11-14)19-2/h4-6,8,10-11,13,17H,3,7,9,12H2,1-2H3. The van der Waals surface area contributed by atoms with Crippen molar-refractivity contribution in [3.63, 3.8) is 0 Å². The van der Waals surface area contributed by atoms with Crippen LogP contribution in [0.4, 0.5) is 0 Å². The SMILES string of the molecule is CCn1ccc(CNCCc2cccc(OC)c2)c1. The molecule has 1 N–H and O–H groups in total. The maximum Gasteiger partial charge on any atom is 0.119 e. The number of aryl methyl sites for hydroxylation is 1.